The monoisotopic (exact) mass is 372 g/mol. The number of likely N-dealkylation sites (N-methyl/N-ethyl adjacent to an activating group) is 1. The van der Waals surface area contributed by atoms with Gasteiger partial charge in [-0.15, -0.1) is 0 Å². The van der Waals surface area contributed by atoms with E-state index in [0.29, 0.717) is 17.2 Å². The minimum absolute atomic E-state index is 0.160. The van der Waals surface area contributed by atoms with Crippen molar-refractivity contribution >= 4 is 0 Å². The summed E-state index contributed by atoms with van der Waals surface area (Å²) in [5.41, 5.74) is 5.58. The number of hydrogen-bond acceptors (Lipinski definition) is 5. The van der Waals surface area contributed by atoms with E-state index in [0.717, 1.165) is 41.8 Å². The van der Waals surface area contributed by atoms with Gasteiger partial charge in [0.1, 0.15) is 6.04 Å². The lowest BCUT2D eigenvalue weighted by atomic mass is 9.76. The van der Waals surface area contributed by atoms with Gasteiger partial charge >= 0.3 is 0 Å². The quantitative estimate of drug-likeness (QED) is 0.857. The van der Waals surface area contributed by atoms with Gasteiger partial charge in [0, 0.05) is 29.5 Å². The van der Waals surface area contributed by atoms with Gasteiger partial charge in [-0.25, -0.2) is 0 Å². The highest BCUT2D eigenvalue weighted by molar-refractivity contribution is 5.86. The second-order valence-corrected chi connectivity index (χ2v) is 7.15. The van der Waals surface area contributed by atoms with Gasteiger partial charge in [-0.1, -0.05) is 0 Å². The predicted molar refractivity (Wildman–Crippen MR) is 102 cm³/mol. The van der Waals surface area contributed by atoms with Crippen LogP contribution in [-0.4, -0.2) is 47.1 Å². The molecular weight excluding hydrogens is 346 g/mol. The maximum atomic E-state index is 10.3. The molecule has 0 spiro atoms. The number of fused-ring (bicyclic) bond motifs is 2. The summed E-state index contributed by atoms with van der Waals surface area (Å²) >= 11 is 0. The van der Waals surface area contributed by atoms with Gasteiger partial charge in [-0.2, -0.15) is 0 Å². The van der Waals surface area contributed by atoms with Gasteiger partial charge in [0.25, 0.3) is 0 Å². The molecule has 2 aliphatic rings. The molecule has 0 fully saturated rings. The lowest BCUT2D eigenvalue weighted by Crippen LogP contribution is -3.10. The Labute approximate surface area is 159 Å². The molecule has 0 amide bonds. The Kier molecular flexibility index (Phi) is 4.30. The van der Waals surface area contributed by atoms with Crippen molar-refractivity contribution in [1.29, 1.82) is 0 Å². The Morgan fingerprint density at radius 3 is 2.30 bits per heavy atom. The molecular formula is C21H26NO5+. The highest BCUT2D eigenvalue weighted by Gasteiger charge is 2.41. The molecule has 27 heavy (non-hydrogen) atoms. The summed E-state index contributed by atoms with van der Waals surface area (Å²) in [4.78, 5) is 1.44. The molecule has 2 aromatic carbocycles. The standard InChI is InChI=1S/C21H25NO5/c1-22-7-6-12-17-14(22)8-11-9-15(23)16(24-2)10-13(11)18(17)20(26-4)21(27-5)19(12)25-3/h9-10,14,23H,6-8H2,1-5H3/p+1/t14-/m0/s1. The molecule has 2 atom stereocenters. The lowest BCUT2D eigenvalue weighted by Gasteiger charge is -2.39. The van der Waals surface area contributed by atoms with Crippen LogP contribution in [0.5, 0.6) is 28.7 Å². The second-order valence-electron chi connectivity index (χ2n) is 7.15. The normalized spacial score (nSPS) is 19.7. The molecule has 1 aliphatic carbocycles. The Morgan fingerprint density at radius 2 is 1.67 bits per heavy atom. The number of ether oxygens (including phenoxy) is 4. The average Bonchev–Trinajstić information content (AvgIpc) is 2.68. The van der Waals surface area contributed by atoms with E-state index in [1.165, 1.54) is 16.0 Å². The van der Waals surface area contributed by atoms with Crippen LogP contribution in [-0.2, 0) is 12.8 Å². The lowest BCUT2D eigenvalue weighted by molar-refractivity contribution is -0.914. The van der Waals surface area contributed by atoms with Crippen molar-refractivity contribution in [1.82, 2.24) is 0 Å². The molecule has 6 heteroatoms. The number of nitrogens with one attached hydrogen (secondary N) is 1. The molecule has 2 N–H and O–H groups in total. The first-order valence-corrected chi connectivity index (χ1v) is 9.12. The first kappa shape index (κ1) is 17.8. The Bertz CT molecular complexity index is 908. The fraction of sp³-hybridized carbons (Fsp3) is 0.429. The molecule has 2 aromatic rings. The van der Waals surface area contributed by atoms with Crippen LogP contribution in [0.25, 0.3) is 11.1 Å². The van der Waals surface area contributed by atoms with E-state index in [1.807, 2.05) is 12.1 Å². The summed E-state index contributed by atoms with van der Waals surface area (Å²) in [7, 11) is 8.75. The first-order chi connectivity index (χ1) is 13.0. The van der Waals surface area contributed by atoms with E-state index in [1.54, 1.807) is 28.4 Å². The van der Waals surface area contributed by atoms with Crippen LogP contribution in [0.3, 0.4) is 0 Å². The van der Waals surface area contributed by atoms with Crippen LogP contribution in [0.15, 0.2) is 12.1 Å². The third-order valence-corrected chi connectivity index (χ3v) is 5.93. The van der Waals surface area contributed by atoms with Crippen LogP contribution in [0, 0.1) is 0 Å². The van der Waals surface area contributed by atoms with E-state index in [9.17, 15) is 5.11 Å². The summed E-state index contributed by atoms with van der Waals surface area (Å²) in [5, 5.41) is 10.3. The largest absolute Gasteiger partial charge is 0.504 e. The van der Waals surface area contributed by atoms with Crippen LogP contribution in [0.4, 0.5) is 0 Å². The fourth-order valence-corrected chi connectivity index (χ4v) is 4.66. The van der Waals surface area contributed by atoms with Crippen molar-refractivity contribution < 1.29 is 29.0 Å². The molecule has 0 aromatic heterocycles. The molecule has 0 saturated heterocycles. The number of phenols is 1. The number of phenolic OH excluding ortho intramolecular Hbond substituents is 1. The first-order valence-electron chi connectivity index (χ1n) is 9.12. The zero-order valence-corrected chi connectivity index (χ0v) is 16.4. The fourth-order valence-electron chi connectivity index (χ4n) is 4.66. The third kappa shape index (κ3) is 2.43. The van der Waals surface area contributed by atoms with Crippen molar-refractivity contribution in [3.8, 4) is 39.9 Å². The van der Waals surface area contributed by atoms with E-state index in [-0.39, 0.29) is 11.8 Å². The van der Waals surface area contributed by atoms with Crippen molar-refractivity contribution in [2.24, 2.45) is 0 Å². The maximum absolute atomic E-state index is 10.3. The van der Waals surface area contributed by atoms with E-state index < -0.39 is 0 Å². The van der Waals surface area contributed by atoms with Crippen molar-refractivity contribution in [3.63, 3.8) is 0 Å². The van der Waals surface area contributed by atoms with E-state index in [2.05, 4.69) is 7.05 Å². The molecule has 4 rings (SSSR count). The highest BCUT2D eigenvalue weighted by atomic mass is 16.5. The summed E-state index contributed by atoms with van der Waals surface area (Å²) < 4.78 is 22.7. The smallest absolute Gasteiger partial charge is 0.204 e. The summed E-state index contributed by atoms with van der Waals surface area (Å²) in [6, 6.07) is 3.99. The van der Waals surface area contributed by atoms with Gasteiger partial charge in [-0.3, -0.25) is 0 Å². The van der Waals surface area contributed by atoms with Crippen LogP contribution in [0.1, 0.15) is 22.7 Å². The summed E-state index contributed by atoms with van der Waals surface area (Å²) in [6.45, 7) is 1.01. The summed E-state index contributed by atoms with van der Waals surface area (Å²) in [6.07, 6.45) is 1.76. The molecule has 1 aliphatic heterocycles. The van der Waals surface area contributed by atoms with Crippen LogP contribution < -0.4 is 23.8 Å². The van der Waals surface area contributed by atoms with Gasteiger partial charge < -0.3 is 29.0 Å². The SMILES string of the molecule is COc1cc2c(cc1O)C[C@H]1c3c(c(OC)c(OC)c(OC)c3-2)CC[NH+]1C. The Hall–Kier alpha value is -2.60. The summed E-state index contributed by atoms with van der Waals surface area (Å²) in [5.74, 6) is 2.66. The molecule has 144 valence electrons. The van der Waals surface area contributed by atoms with Crippen LogP contribution >= 0.6 is 0 Å². The molecule has 6 nitrogen and oxygen atoms in total. The number of benzene rings is 2. The zero-order valence-electron chi connectivity index (χ0n) is 16.4. The molecule has 0 radical (unpaired) electrons. The highest BCUT2D eigenvalue weighted by Crippen LogP contribution is 2.55. The van der Waals surface area contributed by atoms with Gasteiger partial charge in [-0.05, 0) is 23.3 Å². The predicted octanol–water partition coefficient (Wildman–Crippen LogP) is 1.76. The maximum Gasteiger partial charge on any atom is 0.204 e. The van der Waals surface area contributed by atoms with Crippen LogP contribution in [0.2, 0.25) is 0 Å². The Balaban J connectivity index is 2.13. The Morgan fingerprint density at radius 1 is 0.963 bits per heavy atom. The number of methoxy groups -OCH3 is 4. The number of hydrogen-bond donors (Lipinski definition) is 2. The third-order valence-electron chi connectivity index (χ3n) is 5.93. The van der Waals surface area contributed by atoms with E-state index in [4.69, 9.17) is 18.9 Å². The minimum Gasteiger partial charge on any atom is -0.504 e. The molecule has 0 bridgehead atoms. The molecule has 1 unspecified atom stereocenters. The van der Waals surface area contributed by atoms with Crippen molar-refractivity contribution in [2.45, 2.75) is 18.9 Å². The number of rotatable bonds is 4. The molecule has 1 heterocycles. The van der Waals surface area contributed by atoms with Gasteiger partial charge in [0.2, 0.25) is 5.75 Å². The van der Waals surface area contributed by atoms with Crippen molar-refractivity contribution in [2.75, 3.05) is 42.0 Å². The molecule has 0 saturated carbocycles. The average molecular weight is 372 g/mol. The zero-order chi connectivity index (χ0) is 19.3. The second kappa shape index (κ2) is 6.53. The minimum atomic E-state index is 0.160. The number of aromatic hydroxyl groups is 1. The van der Waals surface area contributed by atoms with Crippen molar-refractivity contribution in [3.05, 3.63) is 28.8 Å². The topological polar surface area (TPSA) is 61.6 Å². The number of quaternary nitrogens is 1. The van der Waals surface area contributed by atoms with Gasteiger partial charge in [0.15, 0.2) is 23.0 Å². The van der Waals surface area contributed by atoms with E-state index >= 15 is 0 Å². The van der Waals surface area contributed by atoms with Gasteiger partial charge in [0.05, 0.1) is 42.0 Å².